The highest BCUT2D eigenvalue weighted by atomic mass is 16.5. The van der Waals surface area contributed by atoms with Gasteiger partial charge in [0, 0.05) is 7.11 Å². The van der Waals surface area contributed by atoms with E-state index in [-0.39, 0.29) is 24.3 Å². The molecule has 1 heterocycles. The number of anilines is 1. The van der Waals surface area contributed by atoms with Gasteiger partial charge in [-0.3, -0.25) is 5.32 Å². The monoisotopic (exact) mass is 300 g/mol. The lowest BCUT2D eigenvalue weighted by Gasteiger charge is -2.14. The zero-order valence-electron chi connectivity index (χ0n) is 11.7. The van der Waals surface area contributed by atoms with E-state index in [2.05, 4.69) is 20.6 Å². The number of nitrogens with one attached hydrogen (secondary N) is 2. The molecule has 2 amide bonds. The number of amides is 2. The third kappa shape index (κ3) is 5.10. The summed E-state index contributed by atoms with van der Waals surface area (Å²) in [6, 6.07) is -0.564. The molecule has 0 aliphatic carbocycles. The highest BCUT2D eigenvalue weighted by Crippen LogP contribution is 2.17. The smallest absolute Gasteiger partial charge is 0.328 e. The van der Waals surface area contributed by atoms with Crippen molar-refractivity contribution in [2.24, 2.45) is 0 Å². The van der Waals surface area contributed by atoms with Crippen LogP contribution >= 0.6 is 0 Å². The van der Waals surface area contributed by atoms with Gasteiger partial charge in [-0.05, 0) is 0 Å². The number of hydrogen-bond acceptors (Lipinski definition) is 7. The maximum absolute atomic E-state index is 11.7. The SMILES string of the molecule is COCC(NC(=O)Nc1nc(OC)cc(OC)n1)C(=O)O. The molecule has 0 aromatic carbocycles. The molecule has 1 atom stereocenters. The van der Waals surface area contributed by atoms with Crippen LogP contribution in [0.3, 0.4) is 0 Å². The van der Waals surface area contributed by atoms with E-state index >= 15 is 0 Å². The van der Waals surface area contributed by atoms with Gasteiger partial charge < -0.3 is 24.6 Å². The second-order valence-electron chi connectivity index (χ2n) is 3.72. The average molecular weight is 300 g/mol. The summed E-state index contributed by atoms with van der Waals surface area (Å²) in [4.78, 5) is 30.3. The number of carboxylic acid groups (broad SMARTS) is 1. The van der Waals surface area contributed by atoms with Gasteiger partial charge in [-0.2, -0.15) is 9.97 Å². The van der Waals surface area contributed by atoms with Crippen molar-refractivity contribution in [1.82, 2.24) is 15.3 Å². The van der Waals surface area contributed by atoms with Crippen molar-refractivity contribution in [3.63, 3.8) is 0 Å². The zero-order valence-corrected chi connectivity index (χ0v) is 11.7. The molecule has 116 valence electrons. The van der Waals surface area contributed by atoms with Crippen LogP contribution in [-0.2, 0) is 9.53 Å². The third-order valence-electron chi connectivity index (χ3n) is 2.26. The third-order valence-corrected chi connectivity index (χ3v) is 2.26. The van der Waals surface area contributed by atoms with E-state index in [1.54, 1.807) is 0 Å². The Morgan fingerprint density at radius 1 is 1.24 bits per heavy atom. The van der Waals surface area contributed by atoms with Gasteiger partial charge in [0.2, 0.25) is 17.7 Å². The van der Waals surface area contributed by atoms with Crippen LogP contribution in [0.1, 0.15) is 0 Å². The highest BCUT2D eigenvalue weighted by Gasteiger charge is 2.20. The minimum Gasteiger partial charge on any atom is -0.481 e. The molecule has 10 nitrogen and oxygen atoms in total. The zero-order chi connectivity index (χ0) is 15.8. The summed E-state index contributed by atoms with van der Waals surface area (Å²) in [7, 11) is 4.11. The fourth-order valence-corrected chi connectivity index (χ4v) is 1.31. The molecule has 0 saturated carbocycles. The van der Waals surface area contributed by atoms with Gasteiger partial charge in [0.15, 0.2) is 6.04 Å². The van der Waals surface area contributed by atoms with E-state index in [4.69, 9.17) is 19.3 Å². The van der Waals surface area contributed by atoms with Crippen LogP contribution in [0.4, 0.5) is 10.7 Å². The first-order chi connectivity index (χ1) is 9.99. The predicted molar refractivity (Wildman–Crippen MR) is 70.6 cm³/mol. The molecule has 1 unspecified atom stereocenters. The van der Waals surface area contributed by atoms with Gasteiger partial charge in [0.05, 0.1) is 26.9 Å². The molecule has 1 aromatic rings. The second kappa shape index (κ2) is 7.85. The first-order valence-electron chi connectivity index (χ1n) is 5.76. The fourth-order valence-electron chi connectivity index (χ4n) is 1.31. The highest BCUT2D eigenvalue weighted by molar-refractivity contribution is 5.90. The lowest BCUT2D eigenvalue weighted by Crippen LogP contribution is -2.45. The van der Waals surface area contributed by atoms with E-state index in [1.807, 2.05) is 0 Å². The summed E-state index contributed by atoms with van der Waals surface area (Å²) in [5.41, 5.74) is 0. The van der Waals surface area contributed by atoms with Crippen LogP contribution in [0.25, 0.3) is 0 Å². The lowest BCUT2D eigenvalue weighted by atomic mass is 10.3. The molecule has 0 radical (unpaired) electrons. The standard InChI is InChI=1S/C11H16N4O6/c1-19-5-6(9(16)17)12-11(18)15-10-13-7(20-2)4-8(14-10)21-3/h4,6H,5H2,1-3H3,(H,16,17)(H2,12,13,14,15,18). The number of urea groups is 1. The molecule has 0 bridgehead atoms. The number of carboxylic acids is 1. The van der Waals surface area contributed by atoms with Crippen LogP contribution < -0.4 is 20.1 Å². The lowest BCUT2D eigenvalue weighted by molar-refractivity contribution is -0.140. The van der Waals surface area contributed by atoms with Crippen molar-refractivity contribution in [2.45, 2.75) is 6.04 Å². The minimum atomic E-state index is -1.23. The number of rotatable bonds is 7. The number of nitrogens with zero attached hydrogens (tertiary/aromatic N) is 2. The topological polar surface area (TPSA) is 132 Å². The number of carbonyl (C=O) groups excluding carboxylic acids is 1. The van der Waals surface area contributed by atoms with Crippen molar-refractivity contribution >= 4 is 17.9 Å². The van der Waals surface area contributed by atoms with Gasteiger partial charge in [0.25, 0.3) is 0 Å². The van der Waals surface area contributed by atoms with E-state index in [9.17, 15) is 9.59 Å². The van der Waals surface area contributed by atoms with Crippen molar-refractivity contribution in [3.8, 4) is 11.8 Å². The Balaban J connectivity index is 2.75. The van der Waals surface area contributed by atoms with Crippen molar-refractivity contribution < 1.29 is 28.9 Å². The average Bonchev–Trinajstić information content (AvgIpc) is 2.46. The normalized spacial score (nSPS) is 11.4. The summed E-state index contributed by atoms with van der Waals surface area (Å²) >= 11 is 0. The molecule has 0 aliphatic heterocycles. The van der Waals surface area contributed by atoms with Crippen LogP contribution in [0.2, 0.25) is 0 Å². The van der Waals surface area contributed by atoms with Crippen LogP contribution in [0.5, 0.6) is 11.8 Å². The van der Waals surface area contributed by atoms with Crippen molar-refractivity contribution in [2.75, 3.05) is 33.3 Å². The Bertz CT molecular complexity index is 487. The maximum Gasteiger partial charge on any atom is 0.328 e. The summed E-state index contributed by atoms with van der Waals surface area (Å²) < 4.78 is 14.5. The Kier molecular flexibility index (Phi) is 6.14. The Hall–Kier alpha value is -2.62. The van der Waals surface area contributed by atoms with Gasteiger partial charge in [-0.1, -0.05) is 0 Å². The van der Waals surface area contributed by atoms with Crippen LogP contribution in [-0.4, -0.2) is 61.1 Å². The summed E-state index contributed by atoms with van der Waals surface area (Å²) in [6.45, 7) is -0.176. The second-order valence-corrected chi connectivity index (χ2v) is 3.72. The Morgan fingerprint density at radius 3 is 2.24 bits per heavy atom. The first kappa shape index (κ1) is 16.4. The molecule has 1 rings (SSSR count). The summed E-state index contributed by atoms with van der Waals surface area (Å²) in [5.74, 6) is -0.950. The fraction of sp³-hybridized carbons (Fsp3) is 0.455. The van der Waals surface area contributed by atoms with Crippen molar-refractivity contribution in [3.05, 3.63) is 6.07 Å². The number of ether oxygens (including phenoxy) is 3. The van der Waals surface area contributed by atoms with E-state index < -0.39 is 18.0 Å². The molecule has 0 saturated heterocycles. The molecule has 21 heavy (non-hydrogen) atoms. The molecule has 0 aliphatic rings. The molecule has 0 spiro atoms. The predicted octanol–water partition coefficient (Wildman–Crippen LogP) is -0.285. The Morgan fingerprint density at radius 2 is 1.81 bits per heavy atom. The largest absolute Gasteiger partial charge is 0.481 e. The molecular formula is C11H16N4O6. The quantitative estimate of drug-likeness (QED) is 0.626. The summed E-state index contributed by atoms with van der Waals surface area (Å²) in [5, 5.41) is 13.4. The number of carbonyl (C=O) groups is 2. The van der Waals surface area contributed by atoms with Crippen molar-refractivity contribution in [1.29, 1.82) is 0 Å². The van der Waals surface area contributed by atoms with Gasteiger partial charge in [-0.25, -0.2) is 9.59 Å². The Labute approximate surface area is 120 Å². The van der Waals surface area contributed by atoms with E-state index in [1.165, 1.54) is 27.4 Å². The number of aromatic nitrogens is 2. The van der Waals surface area contributed by atoms with E-state index in [0.29, 0.717) is 0 Å². The first-order valence-corrected chi connectivity index (χ1v) is 5.76. The number of aliphatic carboxylic acids is 1. The van der Waals surface area contributed by atoms with Gasteiger partial charge in [0.1, 0.15) is 0 Å². The molecule has 3 N–H and O–H groups in total. The number of hydrogen-bond donors (Lipinski definition) is 3. The molecular weight excluding hydrogens is 284 g/mol. The molecule has 1 aromatic heterocycles. The minimum absolute atomic E-state index is 0.0924. The van der Waals surface area contributed by atoms with Crippen LogP contribution in [0, 0.1) is 0 Å². The molecule has 10 heteroatoms. The maximum atomic E-state index is 11.7. The van der Waals surface area contributed by atoms with E-state index in [0.717, 1.165) is 0 Å². The molecule has 0 fully saturated rings. The van der Waals surface area contributed by atoms with Gasteiger partial charge >= 0.3 is 12.0 Å². The van der Waals surface area contributed by atoms with Crippen LogP contribution in [0.15, 0.2) is 6.07 Å². The van der Waals surface area contributed by atoms with Gasteiger partial charge in [-0.15, -0.1) is 0 Å². The number of methoxy groups -OCH3 is 3. The summed E-state index contributed by atoms with van der Waals surface area (Å²) in [6.07, 6.45) is 0.